The van der Waals surface area contributed by atoms with E-state index in [4.69, 9.17) is 9.57 Å². The Labute approximate surface area is 180 Å². The van der Waals surface area contributed by atoms with E-state index in [1.807, 2.05) is 6.07 Å². The van der Waals surface area contributed by atoms with Crippen LogP contribution in [0.5, 0.6) is 5.88 Å². The first-order chi connectivity index (χ1) is 15.0. The van der Waals surface area contributed by atoms with Crippen LogP contribution in [0.4, 0.5) is 10.2 Å². The minimum Gasteiger partial charge on any atom is -0.481 e. The summed E-state index contributed by atoms with van der Waals surface area (Å²) in [5.41, 5.74) is 1.19. The van der Waals surface area contributed by atoms with Crippen LogP contribution in [0.3, 0.4) is 0 Å². The van der Waals surface area contributed by atoms with Gasteiger partial charge in [-0.05, 0) is 37.5 Å². The van der Waals surface area contributed by atoms with E-state index >= 15 is 0 Å². The Kier molecular flexibility index (Phi) is 6.00. The second-order valence-corrected chi connectivity index (χ2v) is 7.77. The molecule has 0 unspecified atom stereocenters. The van der Waals surface area contributed by atoms with Crippen LogP contribution >= 0.6 is 0 Å². The number of hydrogen-bond donors (Lipinski definition) is 0. The fraction of sp³-hybridized carbons (Fsp3) is 0.455. The molecule has 1 atom stereocenters. The number of amides is 1. The number of carbonyl (C=O) groups excluding carboxylic acids is 1. The van der Waals surface area contributed by atoms with Crippen molar-refractivity contribution in [2.24, 2.45) is 5.92 Å². The number of nitriles is 1. The molecule has 3 heterocycles. The van der Waals surface area contributed by atoms with Gasteiger partial charge in [-0.15, -0.1) is 0 Å². The number of hydrogen-bond acceptors (Lipinski definition) is 7. The van der Waals surface area contributed by atoms with Crippen molar-refractivity contribution in [3.63, 3.8) is 0 Å². The van der Waals surface area contributed by atoms with Crippen LogP contribution in [0, 0.1) is 30.0 Å². The summed E-state index contributed by atoms with van der Waals surface area (Å²) in [6.07, 6.45) is 3.34. The zero-order valence-corrected chi connectivity index (χ0v) is 17.5. The van der Waals surface area contributed by atoms with E-state index in [2.05, 4.69) is 14.9 Å². The molecule has 2 aromatic rings. The van der Waals surface area contributed by atoms with Gasteiger partial charge < -0.3 is 9.64 Å². The zero-order chi connectivity index (χ0) is 22.0. The monoisotopic (exact) mass is 425 g/mol. The van der Waals surface area contributed by atoms with Gasteiger partial charge in [0.25, 0.3) is 0 Å². The molecule has 0 aliphatic carbocycles. The molecule has 2 aliphatic heterocycles. The molecular weight excluding hydrogens is 401 g/mol. The van der Waals surface area contributed by atoms with Crippen molar-refractivity contribution in [1.29, 1.82) is 5.26 Å². The highest BCUT2D eigenvalue weighted by Crippen LogP contribution is 2.35. The van der Waals surface area contributed by atoms with Crippen molar-refractivity contribution in [3.05, 3.63) is 47.0 Å². The number of hydroxylamine groups is 2. The second-order valence-electron chi connectivity index (χ2n) is 7.77. The van der Waals surface area contributed by atoms with E-state index in [1.165, 1.54) is 17.5 Å². The molecule has 8 nitrogen and oxygen atoms in total. The number of nitrogens with zero attached hydrogens (tertiary/aromatic N) is 5. The molecule has 2 saturated heterocycles. The third-order valence-corrected chi connectivity index (χ3v) is 6.00. The third-order valence-electron chi connectivity index (χ3n) is 6.00. The van der Waals surface area contributed by atoms with E-state index in [1.54, 1.807) is 26.2 Å². The molecule has 0 N–H and O–H groups in total. The van der Waals surface area contributed by atoms with Gasteiger partial charge in [0, 0.05) is 37.1 Å². The number of ether oxygens (including phenoxy) is 1. The number of methoxy groups -OCH3 is 1. The Hall–Kier alpha value is -3.25. The molecular formula is C22H24FN5O3. The fourth-order valence-corrected chi connectivity index (χ4v) is 4.15. The number of halogens is 1. The molecule has 1 aromatic heterocycles. The van der Waals surface area contributed by atoms with Crippen LogP contribution in [0.25, 0.3) is 0 Å². The van der Waals surface area contributed by atoms with E-state index in [0.29, 0.717) is 56.0 Å². The number of rotatable bonds is 4. The first-order valence-corrected chi connectivity index (χ1v) is 10.3. The van der Waals surface area contributed by atoms with Crippen molar-refractivity contribution in [2.45, 2.75) is 32.2 Å². The molecule has 2 aliphatic rings. The number of carbonyl (C=O) groups is 1. The highest BCUT2D eigenvalue weighted by atomic mass is 19.1. The number of benzene rings is 1. The predicted octanol–water partition coefficient (Wildman–Crippen LogP) is 2.93. The second kappa shape index (κ2) is 8.86. The minimum atomic E-state index is -0.443. The van der Waals surface area contributed by atoms with Gasteiger partial charge in [-0.25, -0.2) is 19.4 Å². The van der Waals surface area contributed by atoms with Crippen molar-refractivity contribution in [3.8, 4) is 11.9 Å². The average Bonchev–Trinajstić information content (AvgIpc) is 3.30. The van der Waals surface area contributed by atoms with Crippen LogP contribution in [-0.2, 0) is 9.63 Å². The van der Waals surface area contributed by atoms with Crippen LogP contribution in [0.1, 0.15) is 42.0 Å². The Bertz CT molecular complexity index is 1020. The third kappa shape index (κ3) is 4.16. The molecule has 0 bridgehead atoms. The molecule has 31 heavy (non-hydrogen) atoms. The first kappa shape index (κ1) is 21.0. The van der Waals surface area contributed by atoms with Crippen LogP contribution in [0.15, 0.2) is 24.5 Å². The SMILES string of the molecule is COc1cc(N2CCC(C(=O)N3OCC[C@H]3c3cc(F)c(C)c(C#N)c3)CC2)ncn1. The summed E-state index contributed by atoms with van der Waals surface area (Å²) < 4.78 is 19.5. The maximum atomic E-state index is 14.3. The van der Waals surface area contributed by atoms with Gasteiger partial charge in [-0.2, -0.15) is 5.26 Å². The van der Waals surface area contributed by atoms with Crippen molar-refractivity contribution in [2.75, 3.05) is 31.7 Å². The van der Waals surface area contributed by atoms with E-state index in [9.17, 15) is 14.4 Å². The molecule has 9 heteroatoms. The van der Waals surface area contributed by atoms with E-state index in [-0.39, 0.29) is 23.4 Å². The highest BCUT2D eigenvalue weighted by molar-refractivity contribution is 5.79. The normalized spacial score (nSPS) is 19.4. The summed E-state index contributed by atoms with van der Waals surface area (Å²) in [5, 5.41) is 10.7. The zero-order valence-electron chi connectivity index (χ0n) is 17.5. The fourth-order valence-electron chi connectivity index (χ4n) is 4.15. The summed E-state index contributed by atoms with van der Waals surface area (Å²) in [4.78, 5) is 29.3. The molecule has 0 radical (unpaired) electrons. The molecule has 0 spiro atoms. The lowest BCUT2D eigenvalue weighted by molar-refractivity contribution is -0.182. The van der Waals surface area contributed by atoms with E-state index < -0.39 is 5.82 Å². The van der Waals surface area contributed by atoms with Gasteiger partial charge in [-0.3, -0.25) is 9.63 Å². The highest BCUT2D eigenvalue weighted by Gasteiger charge is 2.37. The quantitative estimate of drug-likeness (QED) is 0.744. The molecule has 1 amide bonds. The summed E-state index contributed by atoms with van der Waals surface area (Å²) in [7, 11) is 1.56. The lowest BCUT2D eigenvalue weighted by Crippen LogP contribution is -2.42. The first-order valence-electron chi connectivity index (χ1n) is 10.3. The Morgan fingerprint density at radius 1 is 1.26 bits per heavy atom. The summed E-state index contributed by atoms with van der Waals surface area (Å²) in [6.45, 7) is 3.31. The van der Waals surface area contributed by atoms with Gasteiger partial charge in [0.15, 0.2) is 0 Å². The maximum absolute atomic E-state index is 14.3. The number of anilines is 1. The smallest absolute Gasteiger partial charge is 0.249 e. The molecule has 1 aromatic carbocycles. The topological polar surface area (TPSA) is 91.6 Å². The van der Waals surface area contributed by atoms with Crippen molar-refractivity contribution >= 4 is 11.7 Å². The minimum absolute atomic E-state index is 0.0955. The van der Waals surface area contributed by atoms with Crippen LogP contribution < -0.4 is 9.64 Å². The van der Waals surface area contributed by atoms with Crippen LogP contribution in [-0.4, -0.2) is 47.7 Å². The van der Waals surface area contributed by atoms with Gasteiger partial charge in [0.05, 0.1) is 31.4 Å². The molecule has 2 fully saturated rings. The maximum Gasteiger partial charge on any atom is 0.249 e. The summed E-state index contributed by atoms with van der Waals surface area (Å²) >= 11 is 0. The largest absolute Gasteiger partial charge is 0.481 e. The van der Waals surface area contributed by atoms with Gasteiger partial charge in [-0.1, -0.05) is 0 Å². The van der Waals surface area contributed by atoms with Gasteiger partial charge in [0.2, 0.25) is 11.8 Å². The predicted molar refractivity (Wildman–Crippen MR) is 110 cm³/mol. The summed E-state index contributed by atoms with van der Waals surface area (Å²) in [5.74, 6) is 0.543. The Morgan fingerprint density at radius 2 is 2.03 bits per heavy atom. The van der Waals surface area contributed by atoms with Gasteiger partial charge in [0.1, 0.15) is 18.0 Å². The lowest BCUT2D eigenvalue weighted by Gasteiger charge is -2.34. The van der Waals surface area contributed by atoms with Crippen LogP contribution in [0.2, 0.25) is 0 Å². The molecule has 162 valence electrons. The molecule has 4 rings (SSSR count). The Morgan fingerprint density at radius 3 is 2.74 bits per heavy atom. The lowest BCUT2D eigenvalue weighted by atomic mass is 9.94. The Balaban J connectivity index is 1.45. The number of aromatic nitrogens is 2. The van der Waals surface area contributed by atoms with Gasteiger partial charge >= 0.3 is 0 Å². The summed E-state index contributed by atoms with van der Waals surface area (Å²) in [6, 6.07) is 6.47. The van der Waals surface area contributed by atoms with E-state index in [0.717, 1.165) is 5.82 Å². The van der Waals surface area contributed by atoms with Crippen molar-refractivity contribution in [1.82, 2.24) is 15.0 Å². The molecule has 0 saturated carbocycles. The van der Waals surface area contributed by atoms with Crippen molar-refractivity contribution < 1.29 is 18.8 Å². The standard InChI is InChI=1S/C22H24FN5O3/c1-14-17(12-24)9-16(10-18(14)23)19-5-8-31-28(19)22(29)15-3-6-27(7-4-15)20-11-21(30-2)26-13-25-20/h9-11,13,15,19H,3-8H2,1-2H3/t19-/m0/s1. The average molecular weight is 425 g/mol. The number of piperidine rings is 1.